The number of rotatable bonds is 6. The molecule has 1 fully saturated rings. The van der Waals surface area contributed by atoms with Crippen LogP contribution in [0.1, 0.15) is 5.56 Å². The van der Waals surface area contributed by atoms with Crippen LogP contribution in [0.25, 0.3) is 0 Å². The van der Waals surface area contributed by atoms with Gasteiger partial charge in [0.15, 0.2) is 0 Å². The van der Waals surface area contributed by atoms with Crippen molar-refractivity contribution in [3.63, 3.8) is 0 Å². The molecule has 5 nitrogen and oxygen atoms in total. The third kappa shape index (κ3) is 4.51. The van der Waals surface area contributed by atoms with E-state index in [4.69, 9.17) is 4.74 Å². The fourth-order valence-electron chi connectivity index (χ4n) is 2.14. The molecule has 0 aliphatic carbocycles. The maximum Gasteiger partial charge on any atom is 0.407 e. The summed E-state index contributed by atoms with van der Waals surface area (Å²) in [5.41, 5.74) is 0.999. The minimum absolute atomic E-state index is 0.319. The van der Waals surface area contributed by atoms with Crippen LogP contribution in [0.5, 0.6) is 0 Å². The molecule has 1 N–H and O–H groups in total. The van der Waals surface area contributed by atoms with Crippen molar-refractivity contribution in [2.75, 3.05) is 40.3 Å². The van der Waals surface area contributed by atoms with E-state index in [2.05, 4.69) is 29.2 Å². The van der Waals surface area contributed by atoms with Crippen LogP contribution in [0, 0.1) is 0 Å². The summed E-state index contributed by atoms with van der Waals surface area (Å²) in [6, 6.07) is 10.3. The van der Waals surface area contributed by atoms with Gasteiger partial charge in [-0.15, -0.1) is 0 Å². The van der Waals surface area contributed by atoms with Gasteiger partial charge in [-0.2, -0.15) is 0 Å². The van der Waals surface area contributed by atoms with Gasteiger partial charge >= 0.3 is 6.09 Å². The van der Waals surface area contributed by atoms with Crippen LogP contribution in [0.15, 0.2) is 30.3 Å². The summed E-state index contributed by atoms with van der Waals surface area (Å²) in [4.78, 5) is 16.1. The van der Waals surface area contributed by atoms with Crippen LogP contribution in [-0.2, 0) is 11.3 Å². The summed E-state index contributed by atoms with van der Waals surface area (Å²) in [7, 11) is 4.20. The van der Waals surface area contributed by atoms with Crippen molar-refractivity contribution in [1.82, 2.24) is 15.1 Å². The summed E-state index contributed by atoms with van der Waals surface area (Å²) < 4.78 is 5.14. The molecule has 1 aromatic carbocycles. The van der Waals surface area contributed by atoms with Crippen molar-refractivity contribution < 1.29 is 9.53 Å². The number of likely N-dealkylation sites (tertiary alicyclic amines) is 1. The molecule has 110 valence electrons. The Balaban J connectivity index is 1.53. The van der Waals surface area contributed by atoms with E-state index in [-0.39, 0.29) is 6.09 Å². The number of nitrogens with zero attached hydrogens (tertiary/aromatic N) is 2. The topological polar surface area (TPSA) is 44.8 Å². The minimum atomic E-state index is -0.349. The van der Waals surface area contributed by atoms with E-state index in [0.717, 1.165) is 25.2 Å². The van der Waals surface area contributed by atoms with Gasteiger partial charge < -0.3 is 15.0 Å². The zero-order chi connectivity index (χ0) is 14.4. The summed E-state index contributed by atoms with van der Waals surface area (Å²) in [6.07, 6.45) is -0.349. The van der Waals surface area contributed by atoms with Gasteiger partial charge in [0.25, 0.3) is 0 Å². The zero-order valence-corrected chi connectivity index (χ0v) is 12.2. The molecule has 0 radical (unpaired) electrons. The highest BCUT2D eigenvalue weighted by Gasteiger charge is 2.27. The van der Waals surface area contributed by atoms with Crippen LogP contribution in [0.4, 0.5) is 4.79 Å². The Morgan fingerprint density at radius 3 is 2.70 bits per heavy atom. The first-order valence-electron chi connectivity index (χ1n) is 6.98. The quantitative estimate of drug-likeness (QED) is 0.847. The molecule has 0 atom stereocenters. The molecule has 1 amide bonds. The van der Waals surface area contributed by atoms with Gasteiger partial charge in [0.2, 0.25) is 0 Å². The van der Waals surface area contributed by atoms with Gasteiger partial charge in [0.05, 0.1) is 0 Å². The van der Waals surface area contributed by atoms with Gasteiger partial charge in [0, 0.05) is 32.2 Å². The number of carbonyl (C=O) groups is 1. The lowest BCUT2D eigenvalue weighted by Crippen LogP contribution is -2.58. The highest BCUT2D eigenvalue weighted by atomic mass is 16.5. The Morgan fingerprint density at radius 2 is 2.05 bits per heavy atom. The van der Waals surface area contributed by atoms with Crippen LogP contribution in [0.2, 0.25) is 0 Å². The van der Waals surface area contributed by atoms with Crippen LogP contribution < -0.4 is 5.32 Å². The Morgan fingerprint density at radius 1 is 1.35 bits per heavy atom. The Kier molecular flexibility index (Phi) is 5.38. The third-order valence-electron chi connectivity index (χ3n) is 3.58. The predicted molar refractivity (Wildman–Crippen MR) is 78.5 cm³/mol. The van der Waals surface area contributed by atoms with Crippen molar-refractivity contribution in [3.8, 4) is 0 Å². The van der Waals surface area contributed by atoms with Gasteiger partial charge in [-0.25, -0.2) is 4.79 Å². The molecular weight excluding hydrogens is 254 g/mol. The summed E-state index contributed by atoms with van der Waals surface area (Å²) in [6.45, 7) is 3.99. The molecule has 1 heterocycles. The fourth-order valence-corrected chi connectivity index (χ4v) is 2.14. The maximum absolute atomic E-state index is 11.5. The lowest BCUT2D eigenvalue weighted by molar-refractivity contribution is 0.0638. The summed E-state index contributed by atoms with van der Waals surface area (Å²) in [5.74, 6) is 0. The number of alkyl carbamates (subject to hydrolysis) is 1. The van der Waals surface area contributed by atoms with Gasteiger partial charge in [-0.3, -0.25) is 4.90 Å². The molecule has 1 saturated heterocycles. The second-order valence-electron chi connectivity index (χ2n) is 5.37. The monoisotopic (exact) mass is 277 g/mol. The third-order valence-corrected chi connectivity index (χ3v) is 3.58. The van der Waals surface area contributed by atoms with E-state index in [1.54, 1.807) is 0 Å². The average Bonchev–Trinajstić information content (AvgIpc) is 2.39. The number of benzene rings is 1. The molecule has 5 heteroatoms. The van der Waals surface area contributed by atoms with Crippen molar-refractivity contribution >= 4 is 6.09 Å². The molecule has 20 heavy (non-hydrogen) atoms. The maximum atomic E-state index is 11.5. The first-order valence-corrected chi connectivity index (χ1v) is 6.98. The van der Waals surface area contributed by atoms with Crippen molar-refractivity contribution in [1.29, 1.82) is 0 Å². The lowest BCUT2D eigenvalue weighted by atomic mass is 10.1. The number of hydrogen-bond donors (Lipinski definition) is 1. The second-order valence-corrected chi connectivity index (χ2v) is 5.37. The molecule has 0 spiro atoms. The predicted octanol–water partition coefficient (Wildman–Crippen LogP) is 1.16. The summed E-state index contributed by atoms with van der Waals surface area (Å²) in [5, 5.41) is 2.78. The summed E-state index contributed by atoms with van der Waals surface area (Å²) >= 11 is 0. The van der Waals surface area contributed by atoms with Crippen LogP contribution in [0.3, 0.4) is 0 Å². The largest absolute Gasteiger partial charge is 0.445 e. The Bertz CT molecular complexity index is 416. The molecule has 0 bridgehead atoms. The highest BCUT2D eigenvalue weighted by molar-refractivity contribution is 5.67. The van der Waals surface area contributed by atoms with Crippen molar-refractivity contribution in [3.05, 3.63) is 35.9 Å². The van der Waals surface area contributed by atoms with Gasteiger partial charge in [-0.05, 0) is 19.7 Å². The fraction of sp³-hybridized carbons (Fsp3) is 0.533. The standard InChI is InChI=1S/C15H23N3O2/c1-17(2)14-10-18(11-14)9-8-16-15(19)20-12-13-6-4-3-5-7-13/h3-7,14H,8-12H2,1-2H3,(H,16,19). The van der Waals surface area contributed by atoms with Crippen LogP contribution >= 0.6 is 0 Å². The minimum Gasteiger partial charge on any atom is -0.445 e. The van der Waals surface area contributed by atoms with Gasteiger partial charge in [0.1, 0.15) is 6.61 Å². The first kappa shape index (κ1) is 14.8. The van der Waals surface area contributed by atoms with Crippen molar-refractivity contribution in [2.24, 2.45) is 0 Å². The molecule has 1 aliphatic rings. The van der Waals surface area contributed by atoms with E-state index in [0.29, 0.717) is 19.2 Å². The SMILES string of the molecule is CN(C)C1CN(CCNC(=O)OCc2ccccc2)C1. The zero-order valence-electron chi connectivity index (χ0n) is 12.2. The molecule has 2 rings (SSSR count). The smallest absolute Gasteiger partial charge is 0.407 e. The molecule has 0 unspecified atom stereocenters. The van der Waals surface area contributed by atoms with E-state index in [1.165, 1.54) is 0 Å². The van der Waals surface area contributed by atoms with Gasteiger partial charge in [-0.1, -0.05) is 30.3 Å². The normalized spacial score (nSPS) is 15.9. The second kappa shape index (κ2) is 7.26. The van der Waals surface area contributed by atoms with E-state index in [9.17, 15) is 4.79 Å². The van der Waals surface area contributed by atoms with Crippen molar-refractivity contribution in [2.45, 2.75) is 12.6 Å². The Hall–Kier alpha value is -1.59. The number of carbonyl (C=O) groups excluding carboxylic acids is 1. The molecular formula is C15H23N3O2. The van der Waals surface area contributed by atoms with Crippen LogP contribution in [-0.4, -0.2) is 62.2 Å². The van der Waals surface area contributed by atoms with E-state index >= 15 is 0 Å². The van der Waals surface area contributed by atoms with E-state index in [1.807, 2.05) is 30.3 Å². The number of likely N-dealkylation sites (N-methyl/N-ethyl adjacent to an activating group) is 1. The number of nitrogens with one attached hydrogen (secondary N) is 1. The number of amides is 1. The molecule has 1 aromatic rings. The molecule has 0 aromatic heterocycles. The lowest BCUT2D eigenvalue weighted by Gasteiger charge is -2.42. The Labute approximate surface area is 120 Å². The first-order chi connectivity index (χ1) is 9.65. The molecule has 1 aliphatic heterocycles. The number of ether oxygens (including phenoxy) is 1. The highest BCUT2D eigenvalue weighted by Crippen LogP contribution is 2.10. The van der Waals surface area contributed by atoms with E-state index < -0.39 is 0 Å². The average molecular weight is 277 g/mol. The number of hydrogen-bond acceptors (Lipinski definition) is 4. The molecule has 0 saturated carbocycles.